The van der Waals surface area contributed by atoms with Crippen LogP contribution in [0.2, 0.25) is 0 Å². The van der Waals surface area contributed by atoms with Crippen LogP contribution in [-0.4, -0.2) is 60.7 Å². The number of hydrogen-bond donors (Lipinski definition) is 1. The number of amides is 1. The molecule has 0 bridgehead atoms. The minimum absolute atomic E-state index is 0.0501. The average molecular weight is 408 g/mol. The third-order valence-corrected chi connectivity index (χ3v) is 5.89. The highest BCUT2D eigenvalue weighted by Crippen LogP contribution is 2.26. The number of piperazine rings is 1. The molecule has 1 amide bonds. The monoisotopic (exact) mass is 407 g/mol. The molecule has 2 aromatic carbocycles. The Kier molecular flexibility index (Phi) is 8.56. The lowest BCUT2D eigenvalue weighted by atomic mass is 10.2. The molecule has 1 N–H and O–H groups in total. The van der Waals surface area contributed by atoms with E-state index in [1.165, 1.54) is 5.56 Å². The Balaban J connectivity index is 1.41. The molecule has 0 saturated carbocycles. The molecule has 0 aliphatic carbocycles. The first-order chi connectivity index (χ1) is 14.2. The van der Waals surface area contributed by atoms with Crippen molar-refractivity contribution in [1.29, 1.82) is 0 Å². The molecule has 0 unspecified atom stereocenters. The van der Waals surface area contributed by atoms with E-state index in [2.05, 4.69) is 58.1 Å². The first kappa shape index (κ1) is 21.4. The lowest BCUT2D eigenvalue weighted by molar-refractivity contribution is -0.117. The lowest BCUT2D eigenvalue weighted by Gasteiger charge is -2.33. The van der Waals surface area contributed by atoms with Gasteiger partial charge in [-0.3, -0.25) is 14.6 Å². The van der Waals surface area contributed by atoms with E-state index in [0.29, 0.717) is 6.54 Å². The highest BCUT2D eigenvalue weighted by molar-refractivity contribution is 7.99. The van der Waals surface area contributed by atoms with Gasteiger partial charge >= 0.3 is 0 Å². The Labute approximate surface area is 178 Å². The van der Waals surface area contributed by atoms with Gasteiger partial charge in [0.2, 0.25) is 5.91 Å². The summed E-state index contributed by atoms with van der Waals surface area (Å²) in [6.45, 7) is 8.95. The molecule has 0 spiro atoms. The zero-order valence-electron chi connectivity index (χ0n) is 16.8. The van der Waals surface area contributed by atoms with E-state index in [1.54, 1.807) is 11.8 Å². The Morgan fingerprint density at radius 2 is 1.69 bits per heavy atom. The number of benzene rings is 2. The van der Waals surface area contributed by atoms with Crippen molar-refractivity contribution in [3.8, 4) is 0 Å². The quantitative estimate of drug-likeness (QED) is 0.498. The first-order valence-corrected chi connectivity index (χ1v) is 11.0. The number of para-hydroxylation sites is 1. The molecule has 3 rings (SSSR count). The molecule has 1 saturated heterocycles. The summed E-state index contributed by atoms with van der Waals surface area (Å²) in [5.41, 5.74) is 2.11. The molecule has 0 atom stereocenters. The summed E-state index contributed by atoms with van der Waals surface area (Å²) < 4.78 is 0. The molecule has 0 aromatic heterocycles. The Morgan fingerprint density at radius 3 is 2.45 bits per heavy atom. The maximum absolute atomic E-state index is 12.5. The van der Waals surface area contributed by atoms with Crippen LogP contribution < -0.4 is 5.32 Å². The van der Waals surface area contributed by atoms with Crippen molar-refractivity contribution in [3.05, 3.63) is 78.9 Å². The molecule has 1 aliphatic heterocycles. The van der Waals surface area contributed by atoms with E-state index in [4.69, 9.17) is 0 Å². The molecule has 152 valence electrons. The molecule has 1 fully saturated rings. The van der Waals surface area contributed by atoms with Crippen molar-refractivity contribution in [2.75, 3.05) is 50.3 Å². The molecule has 5 heteroatoms. The van der Waals surface area contributed by atoms with Crippen LogP contribution in [0.3, 0.4) is 0 Å². The minimum Gasteiger partial charge on any atom is -0.324 e. The van der Waals surface area contributed by atoms with Gasteiger partial charge in [-0.15, -0.1) is 18.3 Å². The second-order valence-corrected chi connectivity index (χ2v) is 8.10. The number of carbonyl (C=O) groups excluding carboxylic acids is 1. The normalized spacial score (nSPS) is 15.4. The van der Waals surface area contributed by atoms with E-state index >= 15 is 0 Å². The third-order valence-electron chi connectivity index (χ3n) is 4.82. The van der Waals surface area contributed by atoms with Gasteiger partial charge in [-0.25, -0.2) is 0 Å². The van der Waals surface area contributed by atoms with Gasteiger partial charge in [0.1, 0.15) is 0 Å². The third kappa shape index (κ3) is 7.20. The SMILES string of the molecule is C=CCSc1ccccc1NC(=O)CN1CCN(C/C=C/c2ccccc2)CC1. The summed E-state index contributed by atoms with van der Waals surface area (Å²) in [4.78, 5) is 18.2. The van der Waals surface area contributed by atoms with Gasteiger partial charge in [0.05, 0.1) is 12.2 Å². The second kappa shape index (κ2) is 11.6. The zero-order valence-corrected chi connectivity index (χ0v) is 17.6. The van der Waals surface area contributed by atoms with Crippen molar-refractivity contribution in [2.24, 2.45) is 0 Å². The Morgan fingerprint density at radius 1 is 1.00 bits per heavy atom. The van der Waals surface area contributed by atoms with Gasteiger partial charge in [0, 0.05) is 43.4 Å². The number of nitrogens with one attached hydrogen (secondary N) is 1. The van der Waals surface area contributed by atoms with Crippen molar-refractivity contribution < 1.29 is 4.79 Å². The molecule has 1 aliphatic rings. The lowest BCUT2D eigenvalue weighted by Crippen LogP contribution is -2.48. The van der Waals surface area contributed by atoms with Crippen LogP contribution in [-0.2, 0) is 4.79 Å². The standard InChI is InChI=1S/C24H29N3OS/c1-2-19-29-23-13-7-6-12-22(23)25-24(28)20-27-17-15-26(16-18-27)14-8-11-21-9-4-3-5-10-21/h2-13H,1,14-20H2,(H,25,28)/b11-8+. The first-order valence-electron chi connectivity index (χ1n) is 10.0. The van der Waals surface area contributed by atoms with E-state index in [0.717, 1.165) is 49.1 Å². The summed E-state index contributed by atoms with van der Waals surface area (Å²) in [7, 11) is 0. The Bertz CT molecular complexity index is 814. The summed E-state index contributed by atoms with van der Waals surface area (Å²) in [5.74, 6) is 0.877. The molecular weight excluding hydrogens is 378 g/mol. The van der Waals surface area contributed by atoms with E-state index in [9.17, 15) is 4.79 Å². The summed E-state index contributed by atoms with van der Waals surface area (Å²) >= 11 is 1.68. The maximum atomic E-state index is 12.5. The van der Waals surface area contributed by atoms with Crippen LogP contribution in [0.15, 0.2) is 78.2 Å². The molecule has 1 heterocycles. The predicted molar refractivity (Wildman–Crippen MR) is 124 cm³/mol. The largest absolute Gasteiger partial charge is 0.324 e. The van der Waals surface area contributed by atoms with Crippen LogP contribution >= 0.6 is 11.8 Å². The van der Waals surface area contributed by atoms with E-state index in [1.807, 2.05) is 36.4 Å². The van der Waals surface area contributed by atoms with Gasteiger partial charge < -0.3 is 5.32 Å². The average Bonchev–Trinajstić information content (AvgIpc) is 2.75. The topological polar surface area (TPSA) is 35.6 Å². The smallest absolute Gasteiger partial charge is 0.238 e. The van der Waals surface area contributed by atoms with E-state index in [-0.39, 0.29) is 5.91 Å². The van der Waals surface area contributed by atoms with Gasteiger partial charge in [-0.2, -0.15) is 0 Å². The summed E-state index contributed by atoms with van der Waals surface area (Å²) in [6, 6.07) is 18.3. The van der Waals surface area contributed by atoms with Gasteiger partial charge in [0.15, 0.2) is 0 Å². The molecular formula is C24H29N3OS. The van der Waals surface area contributed by atoms with Crippen LogP contribution in [0.5, 0.6) is 0 Å². The fourth-order valence-corrected chi connectivity index (χ4v) is 4.02. The van der Waals surface area contributed by atoms with E-state index < -0.39 is 0 Å². The number of thioether (sulfide) groups is 1. The minimum atomic E-state index is 0.0501. The highest BCUT2D eigenvalue weighted by Gasteiger charge is 2.18. The van der Waals surface area contributed by atoms with Gasteiger partial charge in [-0.05, 0) is 17.7 Å². The van der Waals surface area contributed by atoms with Crippen LogP contribution in [0, 0.1) is 0 Å². The van der Waals surface area contributed by atoms with Crippen molar-refractivity contribution in [3.63, 3.8) is 0 Å². The number of hydrogen-bond acceptors (Lipinski definition) is 4. The number of rotatable bonds is 9. The van der Waals surface area contributed by atoms with Gasteiger partial charge in [0.25, 0.3) is 0 Å². The highest BCUT2D eigenvalue weighted by atomic mass is 32.2. The van der Waals surface area contributed by atoms with Crippen LogP contribution in [0.4, 0.5) is 5.69 Å². The molecule has 29 heavy (non-hydrogen) atoms. The predicted octanol–water partition coefficient (Wildman–Crippen LogP) is 4.23. The fraction of sp³-hybridized carbons (Fsp3) is 0.292. The van der Waals surface area contributed by atoms with Crippen LogP contribution in [0.1, 0.15) is 5.56 Å². The second-order valence-electron chi connectivity index (χ2n) is 7.03. The Hall–Kier alpha value is -2.34. The number of anilines is 1. The van der Waals surface area contributed by atoms with Crippen molar-refractivity contribution >= 4 is 29.4 Å². The molecule has 2 aromatic rings. The van der Waals surface area contributed by atoms with Crippen molar-refractivity contribution in [2.45, 2.75) is 4.90 Å². The number of nitrogens with zero attached hydrogens (tertiary/aromatic N) is 2. The van der Waals surface area contributed by atoms with Crippen molar-refractivity contribution in [1.82, 2.24) is 9.80 Å². The molecule has 4 nitrogen and oxygen atoms in total. The summed E-state index contributed by atoms with van der Waals surface area (Å²) in [6.07, 6.45) is 6.26. The molecule has 0 radical (unpaired) electrons. The summed E-state index contributed by atoms with van der Waals surface area (Å²) in [5, 5.41) is 3.07. The van der Waals surface area contributed by atoms with Gasteiger partial charge in [-0.1, -0.05) is 60.7 Å². The number of carbonyl (C=O) groups is 1. The zero-order chi connectivity index (χ0) is 20.3. The fourth-order valence-electron chi connectivity index (χ4n) is 3.27. The maximum Gasteiger partial charge on any atom is 0.238 e. The van der Waals surface area contributed by atoms with Crippen LogP contribution in [0.25, 0.3) is 6.08 Å².